The lowest BCUT2D eigenvalue weighted by Crippen LogP contribution is -2.26. The topological polar surface area (TPSA) is 26.0 Å². The summed E-state index contributed by atoms with van der Waals surface area (Å²) in [6, 6.07) is 0. The van der Waals surface area contributed by atoms with Gasteiger partial charge < -0.3 is 5.73 Å². The molecule has 1 heteroatoms. The molecule has 0 aliphatic carbocycles. The Hall–Kier alpha value is -0.300. The van der Waals surface area contributed by atoms with Gasteiger partial charge in [0.1, 0.15) is 0 Å². The molecular weight excluding hydrogens is 110 g/mol. The third kappa shape index (κ3) is 2780. The van der Waals surface area contributed by atoms with Gasteiger partial charge >= 0.3 is 0 Å². The summed E-state index contributed by atoms with van der Waals surface area (Å²) in [6.07, 6.45) is 0. The Labute approximate surface area is 58.9 Å². The summed E-state index contributed by atoms with van der Waals surface area (Å²) in [5.74, 6) is 0. The zero-order chi connectivity index (χ0) is 8.08. The number of hydrogen-bond donors (Lipinski definition) is 1. The van der Waals surface area contributed by atoms with Crippen LogP contribution in [0.4, 0.5) is 0 Å². The second kappa shape index (κ2) is 4.57. The summed E-state index contributed by atoms with van der Waals surface area (Å²) < 4.78 is 0. The Morgan fingerprint density at radius 3 is 1.22 bits per heavy atom. The number of allylic oxidation sites excluding steroid dienone is 1. The maximum Gasteiger partial charge on any atom is 0.00686 e. The van der Waals surface area contributed by atoms with E-state index in [1.807, 2.05) is 34.6 Å². The van der Waals surface area contributed by atoms with Crippen molar-refractivity contribution < 1.29 is 0 Å². The van der Waals surface area contributed by atoms with E-state index in [2.05, 4.69) is 6.58 Å². The normalized spacial score (nSPS) is 9.56. The monoisotopic (exact) mass is 129 g/mol. The second-order valence-corrected chi connectivity index (χ2v) is 3.57. The molecule has 0 aliphatic rings. The summed E-state index contributed by atoms with van der Waals surface area (Å²) >= 11 is 0. The fourth-order valence-electron chi connectivity index (χ4n) is 0. The fraction of sp³-hybridized carbons (Fsp3) is 0.750. The van der Waals surface area contributed by atoms with Gasteiger partial charge in [-0.05, 0) is 34.6 Å². The summed E-state index contributed by atoms with van der Waals surface area (Å²) in [4.78, 5) is 0. The Morgan fingerprint density at radius 1 is 1.22 bits per heavy atom. The SMILES string of the molecule is C=C(C)C.CC(C)(C)N. The van der Waals surface area contributed by atoms with E-state index in [1.165, 1.54) is 5.57 Å². The van der Waals surface area contributed by atoms with Crippen molar-refractivity contribution in [2.45, 2.75) is 40.2 Å². The molecule has 0 amide bonds. The van der Waals surface area contributed by atoms with Crippen LogP contribution in [0.2, 0.25) is 0 Å². The smallest absolute Gasteiger partial charge is 0.00686 e. The zero-order valence-corrected chi connectivity index (χ0v) is 7.28. The molecule has 9 heavy (non-hydrogen) atoms. The maximum atomic E-state index is 5.35. The van der Waals surface area contributed by atoms with Crippen LogP contribution in [0, 0.1) is 0 Å². The molecular formula is C8H19N. The summed E-state index contributed by atoms with van der Waals surface area (Å²) in [7, 11) is 0. The Balaban J connectivity index is 0. The molecule has 56 valence electrons. The third-order valence-electron chi connectivity index (χ3n) is 0. The number of rotatable bonds is 0. The minimum atomic E-state index is 0. The molecule has 0 aromatic carbocycles. The van der Waals surface area contributed by atoms with Crippen LogP contribution in [0.5, 0.6) is 0 Å². The first kappa shape index (κ1) is 11.5. The molecule has 2 N–H and O–H groups in total. The minimum absolute atomic E-state index is 0. The van der Waals surface area contributed by atoms with E-state index in [0.717, 1.165) is 0 Å². The highest BCUT2D eigenvalue weighted by Crippen LogP contribution is 1.88. The van der Waals surface area contributed by atoms with Crippen LogP contribution in [0.15, 0.2) is 12.2 Å². The van der Waals surface area contributed by atoms with Crippen molar-refractivity contribution >= 4 is 0 Å². The third-order valence-corrected chi connectivity index (χ3v) is 0. The lowest BCUT2D eigenvalue weighted by Gasteiger charge is -2.06. The predicted octanol–water partition coefficient (Wildman–Crippen LogP) is 2.33. The van der Waals surface area contributed by atoms with Crippen LogP contribution in [0.25, 0.3) is 0 Å². The average Bonchev–Trinajstić information content (AvgIpc) is 1.19. The van der Waals surface area contributed by atoms with Crippen molar-refractivity contribution in [1.82, 2.24) is 0 Å². The van der Waals surface area contributed by atoms with Gasteiger partial charge in [0, 0.05) is 5.54 Å². The summed E-state index contributed by atoms with van der Waals surface area (Å²) in [5, 5.41) is 0. The van der Waals surface area contributed by atoms with Crippen molar-refractivity contribution in [3.05, 3.63) is 12.2 Å². The van der Waals surface area contributed by atoms with Gasteiger partial charge in [-0.2, -0.15) is 0 Å². The molecule has 0 fully saturated rings. The first-order chi connectivity index (χ1) is 3.73. The molecule has 0 saturated carbocycles. The quantitative estimate of drug-likeness (QED) is 0.499. The minimum Gasteiger partial charge on any atom is -0.326 e. The highest BCUT2D eigenvalue weighted by molar-refractivity contribution is 4.78. The molecule has 1 nitrogen and oxygen atoms in total. The number of nitrogens with two attached hydrogens (primary N) is 1. The van der Waals surface area contributed by atoms with Gasteiger partial charge in [0.2, 0.25) is 0 Å². The molecule has 0 heterocycles. The highest BCUT2D eigenvalue weighted by atomic mass is 14.7. The van der Waals surface area contributed by atoms with E-state index in [1.54, 1.807) is 0 Å². The van der Waals surface area contributed by atoms with Crippen LogP contribution in [-0.4, -0.2) is 5.54 Å². The van der Waals surface area contributed by atoms with Gasteiger partial charge in [-0.1, -0.05) is 5.57 Å². The summed E-state index contributed by atoms with van der Waals surface area (Å²) in [6.45, 7) is 13.4. The van der Waals surface area contributed by atoms with Crippen LogP contribution in [-0.2, 0) is 0 Å². The van der Waals surface area contributed by atoms with Gasteiger partial charge in [-0.15, -0.1) is 6.58 Å². The van der Waals surface area contributed by atoms with Gasteiger partial charge in [-0.25, -0.2) is 0 Å². The largest absolute Gasteiger partial charge is 0.326 e. The molecule has 0 aromatic heterocycles. The Bertz CT molecular complexity index is 67.1. The summed E-state index contributed by atoms with van der Waals surface area (Å²) in [5.41, 5.74) is 6.52. The number of hydrogen-bond acceptors (Lipinski definition) is 1. The van der Waals surface area contributed by atoms with Crippen LogP contribution >= 0.6 is 0 Å². The van der Waals surface area contributed by atoms with Crippen LogP contribution < -0.4 is 5.73 Å². The first-order valence-corrected chi connectivity index (χ1v) is 3.14. The molecule has 0 rings (SSSR count). The van der Waals surface area contributed by atoms with E-state index in [0.29, 0.717) is 0 Å². The van der Waals surface area contributed by atoms with Crippen molar-refractivity contribution in [3.8, 4) is 0 Å². The lowest BCUT2D eigenvalue weighted by molar-refractivity contribution is 0.580. The van der Waals surface area contributed by atoms with E-state index >= 15 is 0 Å². The van der Waals surface area contributed by atoms with Crippen molar-refractivity contribution in [3.63, 3.8) is 0 Å². The average molecular weight is 129 g/mol. The molecule has 0 bridgehead atoms. The van der Waals surface area contributed by atoms with Crippen molar-refractivity contribution in [2.75, 3.05) is 0 Å². The molecule has 0 saturated heterocycles. The Morgan fingerprint density at radius 2 is 1.22 bits per heavy atom. The zero-order valence-electron chi connectivity index (χ0n) is 7.28. The van der Waals surface area contributed by atoms with E-state index in [-0.39, 0.29) is 5.54 Å². The molecule has 0 aromatic rings. The first-order valence-electron chi connectivity index (χ1n) is 3.14. The van der Waals surface area contributed by atoms with Gasteiger partial charge in [-0.3, -0.25) is 0 Å². The van der Waals surface area contributed by atoms with Crippen LogP contribution in [0.3, 0.4) is 0 Å². The molecule has 0 radical (unpaired) electrons. The maximum absolute atomic E-state index is 5.35. The van der Waals surface area contributed by atoms with Crippen molar-refractivity contribution in [2.24, 2.45) is 5.73 Å². The van der Waals surface area contributed by atoms with E-state index in [4.69, 9.17) is 5.73 Å². The molecule has 0 atom stereocenters. The van der Waals surface area contributed by atoms with Crippen LogP contribution in [0.1, 0.15) is 34.6 Å². The predicted molar refractivity (Wildman–Crippen MR) is 44.4 cm³/mol. The van der Waals surface area contributed by atoms with Gasteiger partial charge in [0.15, 0.2) is 0 Å². The molecule has 0 spiro atoms. The van der Waals surface area contributed by atoms with E-state index in [9.17, 15) is 0 Å². The van der Waals surface area contributed by atoms with Gasteiger partial charge in [0.25, 0.3) is 0 Å². The molecule has 0 aliphatic heterocycles. The lowest BCUT2D eigenvalue weighted by atomic mass is 10.1. The highest BCUT2D eigenvalue weighted by Gasteiger charge is 1.95. The Kier molecular flexibility index (Phi) is 5.83. The standard InChI is InChI=1S/C4H11N.C4H8/c1-4(2,3)5;1-4(2)3/h5H2,1-3H3;1H2,2-3H3. The fourth-order valence-corrected chi connectivity index (χ4v) is 0. The second-order valence-electron chi connectivity index (χ2n) is 3.57. The van der Waals surface area contributed by atoms with E-state index < -0.39 is 0 Å². The molecule has 0 unspecified atom stereocenters. The van der Waals surface area contributed by atoms with Gasteiger partial charge in [0.05, 0.1) is 0 Å². The van der Waals surface area contributed by atoms with Crippen molar-refractivity contribution in [1.29, 1.82) is 0 Å².